The van der Waals surface area contributed by atoms with Crippen LogP contribution >= 0.6 is 0 Å². The van der Waals surface area contributed by atoms with Crippen LogP contribution in [0.25, 0.3) is 0 Å². The van der Waals surface area contributed by atoms with Gasteiger partial charge in [0.2, 0.25) is 0 Å². The lowest BCUT2D eigenvalue weighted by molar-refractivity contribution is 0.369. The van der Waals surface area contributed by atoms with Crippen LogP contribution in [0, 0.1) is 5.92 Å². The maximum Gasteiger partial charge on any atom is 0.123 e. The molecule has 1 N–H and O–H groups in total. The summed E-state index contributed by atoms with van der Waals surface area (Å²) in [6.45, 7) is 7.90. The molecule has 20 heavy (non-hydrogen) atoms. The summed E-state index contributed by atoms with van der Waals surface area (Å²) in [6, 6.07) is 8.74. The highest BCUT2D eigenvalue weighted by Crippen LogP contribution is 2.27. The van der Waals surface area contributed by atoms with Gasteiger partial charge in [-0.05, 0) is 31.4 Å². The van der Waals surface area contributed by atoms with E-state index in [4.69, 9.17) is 4.74 Å². The molecule has 1 aromatic rings. The van der Waals surface area contributed by atoms with Gasteiger partial charge in [-0.25, -0.2) is 0 Å². The Hall–Kier alpha value is -1.02. The Morgan fingerprint density at radius 3 is 2.45 bits per heavy atom. The summed E-state index contributed by atoms with van der Waals surface area (Å²) in [4.78, 5) is 0. The van der Waals surface area contributed by atoms with Gasteiger partial charge < -0.3 is 10.1 Å². The van der Waals surface area contributed by atoms with Gasteiger partial charge in [-0.2, -0.15) is 0 Å². The summed E-state index contributed by atoms with van der Waals surface area (Å²) in [5.74, 6) is 1.78. The molecule has 1 rings (SSSR count). The molecule has 1 aromatic carbocycles. The fraction of sp³-hybridized carbons (Fsp3) is 0.667. The van der Waals surface area contributed by atoms with E-state index in [1.165, 1.54) is 31.2 Å². The summed E-state index contributed by atoms with van der Waals surface area (Å²) >= 11 is 0. The average molecular weight is 277 g/mol. The molecule has 0 heterocycles. The first kappa shape index (κ1) is 17.0. The lowest BCUT2D eigenvalue weighted by Crippen LogP contribution is -2.27. The fourth-order valence-corrected chi connectivity index (χ4v) is 2.68. The van der Waals surface area contributed by atoms with Gasteiger partial charge in [-0.1, -0.05) is 58.2 Å². The first-order valence-electron chi connectivity index (χ1n) is 8.12. The molecular formula is C18H31NO. The Morgan fingerprint density at radius 1 is 1.10 bits per heavy atom. The molecule has 2 unspecified atom stereocenters. The summed E-state index contributed by atoms with van der Waals surface area (Å²) in [6.07, 6.45) is 6.31. The monoisotopic (exact) mass is 277 g/mol. The number of rotatable bonds is 10. The van der Waals surface area contributed by atoms with Gasteiger partial charge in [-0.15, -0.1) is 0 Å². The molecule has 0 bridgehead atoms. The maximum atomic E-state index is 5.49. The number of benzene rings is 1. The van der Waals surface area contributed by atoms with E-state index in [-0.39, 0.29) is 0 Å². The van der Waals surface area contributed by atoms with E-state index in [1.54, 1.807) is 7.11 Å². The summed E-state index contributed by atoms with van der Waals surface area (Å²) in [5.41, 5.74) is 1.28. The summed E-state index contributed by atoms with van der Waals surface area (Å²) < 4.78 is 5.49. The van der Waals surface area contributed by atoms with Crippen LogP contribution < -0.4 is 10.1 Å². The summed E-state index contributed by atoms with van der Waals surface area (Å²) in [7, 11) is 1.75. The molecule has 0 saturated carbocycles. The Kier molecular flexibility index (Phi) is 8.36. The lowest BCUT2D eigenvalue weighted by atomic mass is 9.97. The number of nitrogens with one attached hydrogen (secondary N) is 1. The third-order valence-electron chi connectivity index (χ3n) is 4.12. The van der Waals surface area contributed by atoms with E-state index in [9.17, 15) is 0 Å². The van der Waals surface area contributed by atoms with Gasteiger partial charge in [-0.3, -0.25) is 0 Å². The van der Waals surface area contributed by atoms with Gasteiger partial charge in [0, 0.05) is 11.6 Å². The zero-order valence-corrected chi connectivity index (χ0v) is 13.6. The standard InChI is InChI=1S/C18H31NO/c1-5-8-11-15(6-2)14-19-17(7-3)16-12-9-10-13-18(16)20-4/h9-10,12-13,15,17,19H,5-8,11,14H2,1-4H3. The van der Waals surface area contributed by atoms with E-state index in [0.29, 0.717) is 6.04 Å². The van der Waals surface area contributed by atoms with Crippen molar-refractivity contribution in [1.29, 1.82) is 0 Å². The fourth-order valence-electron chi connectivity index (χ4n) is 2.68. The first-order chi connectivity index (χ1) is 9.76. The van der Waals surface area contributed by atoms with Crippen LogP contribution in [0.3, 0.4) is 0 Å². The Labute approximate surface area is 124 Å². The number of ether oxygens (including phenoxy) is 1. The highest BCUT2D eigenvalue weighted by Gasteiger charge is 2.15. The normalized spacial score (nSPS) is 14.0. The molecule has 0 fully saturated rings. The van der Waals surface area contributed by atoms with E-state index in [0.717, 1.165) is 24.6 Å². The van der Waals surface area contributed by atoms with Gasteiger partial charge >= 0.3 is 0 Å². The second-order valence-electron chi connectivity index (χ2n) is 5.53. The smallest absolute Gasteiger partial charge is 0.123 e. The predicted molar refractivity (Wildman–Crippen MR) is 87.3 cm³/mol. The molecule has 2 nitrogen and oxygen atoms in total. The second-order valence-corrected chi connectivity index (χ2v) is 5.53. The van der Waals surface area contributed by atoms with Crippen LogP contribution in [0.4, 0.5) is 0 Å². The van der Waals surface area contributed by atoms with Crippen molar-refractivity contribution in [3.63, 3.8) is 0 Å². The van der Waals surface area contributed by atoms with Gasteiger partial charge in [0.1, 0.15) is 5.75 Å². The largest absolute Gasteiger partial charge is 0.496 e. The topological polar surface area (TPSA) is 21.3 Å². The van der Waals surface area contributed by atoms with Crippen molar-refractivity contribution in [1.82, 2.24) is 5.32 Å². The highest BCUT2D eigenvalue weighted by atomic mass is 16.5. The van der Waals surface area contributed by atoms with Crippen molar-refractivity contribution in [2.45, 2.75) is 58.9 Å². The Morgan fingerprint density at radius 2 is 1.85 bits per heavy atom. The zero-order valence-electron chi connectivity index (χ0n) is 13.6. The van der Waals surface area contributed by atoms with Gasteiger partial charge in [0.15, 0.2) is 0 Å². The van der Waals surface area contributed by atoms with Crippen LogP contribution in [-0.2, 0) is 0 Å². The van der Waals surface area contributed by atoms with Crippen molar-refractivity contribution in [2.75, 3.05) is 13.7 Å². The molecule has 0 saturated heterocycles. The number of para-hydroxylation sites is 1. The molecule has 114 valence electrons. The van der Waals surface area contributed by atoms with Crippen molar-refractivity contribution < 1.29 is 4.74 Å². The third kappa shape index (κ3) is 5.16. The lowest BCUT2D eigenvalue weighted by Gasteiger charge is -2.23. The predicted octanol–water partition coefficient (Wildman–Crippen LogP) is 4.95. The van der Waals surface area contributed by atoms with Crippen LogP contribution in [-0.4, -0.2) is 13.7 Å². The molecule has 0 aromatic heterocycles. The van der Waals surface area contributed by atoms with Crippen LogP contribution in [0.2, 0.25) is 0 Å². The molecule has 0 aliphatic carbocycles. The van der Waals surface area contributed by atoms with Gasteiger partial charge in [0.05, 0.1) is 7.11 Å². The molecule has 0 radical (unpaired) electrons. The quantitative estimate of drug-likeness (QED) is 0.653. The van der Waals surface area contributed by atoms with Crippen LogP contribution in [0.5, 0.6) is 5.75 Å². The van der Waals surface area contributed by atoms with E-state index in [1.807, 2.05) is 12.1 Å². The molecule has 0 aliphatic rings. The molecule has 0 amide bonds. The van der Waals surface area contributed by atoms with Crippen molar-refractivity contribution in [3.05, 3.63) is 29.8 Å². The van der Waals surface area contributed by atoms with Crippen molar-refractivity contribution in [2.24, 2.45) is 5.92 Å². The Bertz CT molecular complexity index is 364. The minimum absolute atomic E-state index is 0.391. The molecule has 0 spiro atoms. The zero-order chi connectivity index (χ0) is 14.8. The first-order valence-corrected chi connectivity index (χ1v) is 8.12. The number of unbranched alkanes of at least 4 members (excludes halogenated alkanes) is 1. The van der Waals surface area contributed by atoms with Crippen LogP contribution in [0.15, 0.2) is 24.3 Å². The molecule has 2 heteroatoms. The van der Waals surface area contributed by atoms with Crippen molar-refractivity contribution in [3.8, 4) is 5.75 Å². The molecule has 0 aliphatic heterocycles. The van der Waals surface area contributed by atoms with E-state index < -0.39 is 0 Å². The van der Waals surface area contributed by atoms with Gasteiger partial charge in [0.25, 0.3) is 0 Å². The number of methoxy groups -OCH3 is 1. The van der Waals surface area contributed by atoms with Crippen LogP contribution in [0.1, 0.15) is 64.5 Å². The Balaban J connectivity index is 2.62. The SMILES string of the molecule is CCCCC(CC)CNC(CC)c1ccccc1OC. The second kappa shape index (κ2) is 9.82. The number of hydrogen-bond donors (Lipinski definition) is 1. The molecular weight excluding hydrogens is 246 g/mol. The molecule has 2 atom stereocenters. The minimum Gasteiger partial charge on any atom is -0.496 e. The van der Waals surface area contributed by atoms with Crippen molar-refractivity contribution >= 4 is 0 Å². The third-order valence-corrected chi connectivity index (χ3v) is 4.12. The number of hydrogen-bond acceptors (Lipinski definition) is 2. The minimum atomic E-state index is 0.391. The van der Waals surface area contributed by atoms with E-state index in [2.05, 4.69) is 38.2 Å². The summed E-state index contributed by atoms with van der Waals surface area (Å²) in [5, 5.41) is 3.74. The maximum absolute atomic E-state index is 5.49. The highest BCUT2D eigenvalue weighted by molar-refractivity contribution is 5.35. The average Bonchev–Trinajstić information content (AvgIpc) is 2.51. The van der Waals surface area contributed by atoms with E-state index >= 15 is 0 Å².